The van der Waals surface area contributed by atoms with E-state index >= 15 is 0 Å². The maximum atomic E-state index is 10.5. The van der Waals surface area contributed by atoms with Crippen LogP contribution in [0.2, 0.25) is 5.02 Å². The van der Waals surface area contributed by atoms with Gasteiger partial charge in [0, 0.05) is 6.08 Å². The largest absolute Gasteiger partial charge is 0.478 e. The van der Waals surface area contributed by atoms with Gasteiger partial charge < -0.3 is 9.84 Å². The van der Waals surface area contributed by atoms with Crippen LogP contribution in [0.5, 0.6) is 11.5 Å². The molecule has 0 aromatic heterocycles. The summed E-state index contributed by atoms with van der Waals surface area (Å²) >= 11 is 6.09. The average molecular weight is 289 g/mol. The van der Waals surface area contributed by atoms with Crippen molar-refractivity contribution in [3.63, 3.8) is 0 Å². The van der Waals surface area contributed by atoms with Crippen molar-refractivity contribution in [1.29, 1.82) is 0 Å². The zero-order chi connectivity index (χ0) is 14.5. The Morgan fingerprint density at radius 3 is 2.60 bits per heavy atom. The number of halogens is 1. The zero-order valence-corrected chi connectivity index (χ0v) is 11.6. The maximum absolute atomic E-state index is 10.5. The van der Waals surface area contributed by atoms with Crippen LogP contribution in [0.1, 0.15) is 11.1 Å². The molecule has 0 radical (unpaired) electrons. The third kappa shape index (κ3) is 3.87. The van der Waals surface area contributed by atoms with E-state index in [2.05, 4.69) is 0 Å². The van der Waals surface area contributed by atoms with Gasteiger partial charge in [-0.15, -0.1) is 0 Å². The summed E-state index contributed by atoms with van der Waals surface area (Å²) in [6.45, 7) is 1.99. The van der Waals surface area contributed by atoms with E-state index in [9.17, 15) is 4.79 Å². The summed E-state index contributed by atoms with van der Waals surface area (Å²) in [6, 6.07) is 12.8. The summed E-state index contributed by atoms with van der Waals surface area (Å²) in [5, 5.41) is 9.02. The molecule has 0 aliphatic carbocycles. The van der Waals surface area contributed by atoms with Crippen LogP contribution in [0.4, 0.5) is 0 Å². The van der Waals surface area contributed by atoms with Crippen LogP contribution in [-0.2, 0) is 4.79 Å². The lowest BCUT2D eigenvalue weighted by Gasteiger charge is -2.07. The molecule has 0 aliphatic heterocycles. The van der Waals surface area contributed by atoms with Gasteiger partial charge in [0.2, 0.25) is 0 Å². The van der Waals surface area contributed by atoms with Crippen molar-refractivity contribution >= 4 is 23.6 Å². The molecule has 2 aromatic rings. The van der Waals surface area contributed by atoms with Crippen LogP contribution in [0, 0.1) is 6.92 Å². The van der Waals surface area contributed by atoms with Crippen LogP contribution < -0.4 is 4.74 Å². The third-order valence-electron chi connectivity index (χ3n) is 2.60. The number of hydrogen-bond acceptors (Lipinski definition) is 2. The number of hydrogen-bond donors (Lipinski definition) is 1. The third-order valence-corrected chi connectivity index (χ3v) is 2.93. The lowest BCUT2D eigenvalue weighted by atomic mass is 10.2. The van der Waals surface area contributed by atoms with E-state index in [0.29, 0.717) is 16.3 Å². The summed E-state index contributed by atoms with van der Waals surface area (Å²) < 4.78 is 5.70. The van der Waals surface area contributed by atoms with Gasteiger partial charge in [0.05, 0.1) is 5.02 Å². The predicted octanol–water partition coefficient (Wildman–Crippen LogP) is 4.54. The van der Waals surface area contributed by atoms with E-state index in [1.54, 1.807) is 18.2 Å². The molecular formula is C16H13ClO3. The maximum Gasteiger partial charge on any atom is 0.328 e. The number of ether oxygens (including phenoxy) is 1. The van der Waals surface area contributed by atoms with Gasteiger partial charge in [-0.25, -0.2) is 4.79 Å². The second-order valence-electron chi connectivity index (χ2n) is 4.27. The van der Waals surface area contributed by atoms with E-state index in [4.69, 9.17) is 21.4 Å². The minimum absolute atomic E-state index is 0.438. The normalized spacial score (nSPS) is 10.7. The van der Waals surface area contributed by atoms with Crippen molar-refractivity contribution in [3.05, 3.63) is 64.7 Å². The quantitative estimate of drug-likeness (QED) is 0.840. The molecule has 0 bridgehead atoms. The topological polar surface area (TPSA) is 46.5 Å². The Kier molecular flexibility index (Phi) is 4.43. The highest BCUT2D eigenvalue weighted by molar-refractivity contribution is 6.32. The highest BCUT2D eigenvalue weighted by atomic mass is 35.5. The SMILES string of the molecule is Cc1cccc(Oc2ccc(/C=C/C(=O)O)c(Cl)c2)c1. The van der Waals surface area contributed by atoms with Gasteiger partial charge in [-0.05, 0) is 54.5 Å². The van der Waals surface area contributed by atoms with Crippen LogP contribution in [-0.4, -0.2) is 11.1 Å². The molecular weight excluding hydrogens is 276 g/mol. The van der Waals surface area contributed by atoms with E-state index in [0.717, 1.165) is 17.4 Å². The second kappa shape index (κ2) is 6.26. The molecule has 1 N–H and O–H groups in total. The fourth-order valence-corrected chi connectivity index (χ4v) is 1.92. The summed E-state index contributed by atoms with van der Waals surface area (Å²) in [4.78, 5) is 10.5. The molecule has 2 rings (SSSR count). The summed E-state index contributed by atoms with van der Waals surface area (Å²) in [5.41, 5.74) is 1.74. The minimum Gasteiger partial charge on any atom is -0.478 e. The van der Waals surface area contributed by atoms with Crippen molar-refractivity contribution in [2.45, 2.75) is 6.92 Å². The highest BCUT2D eigenvalue weighted by Gasteiger charge is 2.02. The molecule has 3 nitrogen and oxygen atoms in total. The van der Waals surface area contributed by atoms with Gasteiger partial charge in [0.1, 0.15) is 11.5 Å². The van der Waals surface area contributed by atoms with Crippen molar-refractivity contribution in [2.75, 3.05) is 0 Å². The molecule has 0 saturated carbocycles. The first kappa shape index (κ1) is 14.2. The Morgan fingerprint density at radius 2 is 1.95 bits per heavy atom. The van der Waals surface area contributed by atoms with E-state index in [-0.39, 0.29) is 0 Å². The summed E-state index contributed by atoms with van der Waals surface area (Å²) in [7, 11) is 0. The molecule has 0 saturated heterocycles. The number of carbonyl (C=O) groups is 1. The van der Waals surface area contributed by atoms with Crippen molar-refractivity contribution < 1.29 is 14.6 Å². The van der Waals surface area contributed by atoms with E-state index in [1.165, 1.54) is 6.08 Å². The molecule has 4 heteroatoms. The minimum atomic E-state index is -1.01. The molecule has 20 heavy (non-hydrogen) atoms. The first-order chi connectivity index (χ1) is 9.54. The van der Waals surface area contributed by atoms with Crippen molar-refractivity contribution in [2.24, 2.45) is 0 Å². The van der Waals surface area contributed by atoms with Crippen LogP contribution in [0.25, 0.3) is 6.08 Å². The fraction of sp³-hybridized carbons (Fsp3) is 0.0625. The Bertz CT molecular complexity index is 663. The molecule has 102 valence electrons. The van der Waals surface area contributed by atoms with Gasteiger partial charge in [-0.2, -0.15) is 0 Å². The van der Waals surface area contributed by atoms with E-state index < -0.39 is 5.97 Å². The number of carboxylic acids is 1. The van der Waals surface area contributed by atoms with Crippen molar-refractivity contribution in [1.82, 2.24) is 0 Å². The molecule has 0 amide bonds. The molecule has 0 spiro atoms. The molecule has 0 unspecified atom stereocenters. The Hall–Kier alpha value is -2.26. The van der Waals surface area contributed by atoms with Gasteiger partial charge in [0.25, 0.3) is 0 Å². The van der Waals surface area contributed by atoms with Crippen LogP contribution >= 0.6 is 11.6 Å². The molecule has 0 fully saturated rings. The Morgan fingerprint density at radius 1 is 1.20 bits per heavy atom. The lowest BCUT2D eigenvalue weighted by Crippen LogP contribution is -1.88. The monoisotopic (exact) mass is 288 g/mol. The molecule has 2 aromatic carbocycles. The van der Waals surface area contributed by atoms with Crippen LogP contribution in [0.15, 0.2) is 48.5 Å². The number of aryl methyl sites for hydroxylation is 1. The van der Waals surface area contributed by atoms with E-state index in [1.807, 2.05) is 31.2 Å². The van der Waals surface area contributed by atoms with Gasteiger partial charge in [-0.3, -0.25) is 0 Å². The fourth-order valence-electron chi connectivity index (χ4n) is 1.68. The average Bonchev–Trinajstić information content (AvgIpc) is 2.37. The molecule has 0 aliphatic rings. The second-order valence-corrected chi connectivity index (χ2v) is 4.68. The highest BCUT2D eigenvalue weighted by Crippen LogP contribution is 2.27. The van der Waals surface area contributed by atoms with Gasteiger partial charge in [-0.1, -0.05) is 23.7 Å². The number of rotatable bonds is 4. The Balaban J connectivity index is 2.19. The van der Waals surface area contributed by atoms with Gasteiger partial charge in [0.15, 0.2) is 0 Å². The van der Waals surface area contributed by atoms with Crippen LogP contribution in [0.3, 0.4) is 0 Å². The number of aliphatic carboxylic acids is 1. The van der Waals surface area contributed by atoms with Gasteiger partial charge >= 0.3 is 5.97 Å². The number of carboxylic acid groups (broad SMARTS) is 1. The predicted molar refractivity (Wildman–Crippen MR) is 79.4 cm³/mol. The number of benzene rings is 2. The molecule has 0 heterocycles. The molecule has 0 atom stereocenters. The summed E-state index contributed by atoms with van der Waals surface area (Å²) in [5.74, 6) is 0.323. The van der Waals surface area contributed by atoms with Crippen molar-refractivity contribution in [3.8, 4) is 11.5 Å². The first-order valence-corrected chi connectivity index (χ1v) is 6.37. The summed E-state index contributed by atoms with van der Waals surface area (Å²) in [6.07, 6.45) is 2.49. The smallest absolute Gasteiger partial charge is 0.328 e. The Labute approximate surface area is 122 Å². The zero-order valence-electron chi connectivity index (χ0n) is 10.8. The first-order valence-electron chi connectivity index (χ1n) is 6.00. The lowest BCUT2D eigenvalue weighted by molar-refractivity contribution is -0.131. The standard InChI is InChI=1S/C16H13ClO3/c1-11-3-2-4-13(9-11)20-14-7-5-12(15(17)10-14)6-8-16(18)19/h2-10H,1H3,(H,18,19)/b8-6+.